The number of aromatic amines is 1. The molecule has 0 unspecified atom stereocenters. The zero-order valence-electron chi connectivity index (χ0n) is 11.6. The van der Waals surface area contributed by atoms with Crippen LogP contribution in [0.15, 0.2) is 6.20 Å². The van der Waals surface area contributed by atoms with E-state index < -0.39 is 0 Å². The van der Waals surface area contributed by atoms with E-state index in [4.69, 9.17) is 0 Å². The molecule has 6 nitrogen and oxygen atoms in total. The largest absolute Gasteiger partial charge is 0.369 e. The number of thioether (sulfide) groups is 1. The highest BCUT2D eigenvalue weighted by molar-refractivity contribution is 7.99. The van der Waals surface area contributed by atoms with Crippen molar-refractivity contribution in [3.8, 4) is 0 Å². The third-order valence-corrected chi connectivity index (χ3v) is 4.59. The van der Waals surface area contributed by atoms with Gasteiger partial charge in [0.15, 0.2) is 5.65 Å². The van der Waals surface area contributed by atoms with Crippen molar-refractivity contribution in [2.75, 3.05) is 35.2 Å². The van der Waals surface area contributed by atoms with Gasteiger partial charge in [-0.2, -0.15) is 26.8 Å². The molecule has 1 fully saturated rings. The zero-order chi connectivity index (χ0) is 13.8. The van der Waals surface area contributed by atoms with Crippen molar-refractivity contribution in [1.29, 1.82) is 0 Å². The smallest absolute Gasteiger partial charge is 0.226 e. The quantitative estimate of drug-likeness (QED) is 0.785. The number of H-pyrrole nitrogens is 1. The SMILES string of the molecule is CCNc1nc(NCC2CCSCC2)c2cn[nH]c2n1. The highest BCUT2D eigenvalue weighted by Gasteiger charge is 2.15. The van der Waals surface area contributed by atoms with E-state index in [0.29, 0.717) is 5.95 Å². The molecule has 1 saturated heterocycles. The van der Waals surface area contributed by atoms with Crippen LogP contribution in [0, 0.1) is 5.92 Å². The molecule has 0 atom stereocenters. The summed E-state index contributed by atoms with van der Waals surface area (Å²) in [6.45, 7) is 3.82. The van der Waals surface area contributed by atoms with Crippen LogP contribution < -0.4 is 10.6 Å². The molecule has 20 heavy (non-hydrogen) atoms. The first kappa shape index (κ1) is 13.5. The highest BCUT2D eigenvalue weighted by atomic mass is 32.2. The van der Waals surface area contributed by atoms with Crippen LogP contribution in [0.3, 0.4) is 0 Å². The minimum atomic E-state index is 0.644. The average Bonchev–Trinajstić information content (AvgIpc) is 2.95. The molecule has 108 valence electrons. The Morgan fingerprint density at radius 3 is 2.95 bits per heavy atom. The first-order valence-corrected chi connectivity index (χ1v) is 8.29. The molecule has 0 aromatic carbocycles. The Bertz CT molecular complexity index is 563. The second-order valence-corrected chi connectivity index (χ2v) is 6.22. The summed E-state index contributed by atoms with van der Waals surface area (Å²) in [6, 6.07) is 0. The first-order valence-electron chi connectivity index (χ1n) is 7.13. The number of hydrogen-bond acceptors (Lipinski definition) is 6. The van der Waals surface area contributed by atoms with E-state index in [-0.39, 0.29) is 0 Å². The van der Waals surface area contributed by atoms with Crippen molar-refractivity contribution < 1.29 is 0 Å². The average molecular weight is 292 g/mol. The summed E-state index contributed by atoms with van der Waals surface area (Å²) in [5, 5.41) is 14.6. The molecule has 0 bridgehead atoms. The zero-order valence-corrected chi connectivity index (χ0v) is 12.5. The molecule has 1 aliphatic heterocycles. The molecule has 2 aromatic rings. The summed E-state index contributed by atoms with van der Waals surface area (Å²) < 4.78 is 0. The summed E-state index contributed by atoms with van der Waals surface area (Å²) >= 11 is 2.05. The maximum Gasteiger partial charge on any atom is 0.226 e. The molecule has 0 spiro atoms. The molecule has 3 rings (SSSR count). The number of nitrogens with zero attached hydrogens (tertiary/aromatic N) is 3. The van der Waals surface area contributed by atoms with Gasteiger partial charge in [-0.15, -0.1) is 0 Å². The lowest BCUT2D eigenvalue weighted by Gasteiger charge is -2.22. The second kappa shape index (κ2) is 6.30. The van der Waals surface area contributed by atoms with Crippen LogP contribution in [0.1, 0.15) is 19.8 Å². The minimum absolute atomic E-state index is 0.644. The molecule has 0 radical (unpaired) electrons. The Labute approximate surface area is 122 Å². The maximum absolute atomic E-state index is 4.55. The van der Waals surface area contributed by atoms with Crippen molar-refractivity contribution in [1.82, 2.24) is 20.2 Å². The van der Waals surface area contributed by atoms with Crippen molar-refractivity contribution in [3.05, 3.63) is 6.20 Å². The molecular formula is C13H20N6S. The lowest BCUT2D eigenvalue weighted by atomic mass is 10.0. The van der Waals surface area contributed by atoms with Gasteiger partial charge in [-0.25, -0.2) is 0 Å². The fourth-order valence-electron chi connectivity index (χ4n) is 2.40. The molecule has 0 amide bonds. The van der Waals surface area contributed by atoms with E-state index in [1.165, 1.54) is 24.3 Å². The van der Waals surface area contributed by atoms with Gasteiger partial charge in [-0.3, -0.25) is 5.10 Å². The Morgan fingerprint density at radius 1 is 1.30 bits per heavy atom. The maximum atomic E-state index is 4.55. The monoisotopic (exact) mass is 292 g/mol. The Kier molecular flexibility index (Phi) is 4.25. The molecule has 1 aliphatic rings. The van der Waals surface area contributed by atoms with Crippen LogP contribution in [-0.4, -0.2) is 44.8 Å². The summed E-state index contributed by atoms with van der Waals surface area (Å²) in [6.07, 6.45) is 4.36. The van der Waals surface area contributed by atoms with Crippen molar-refractivity contribution in [3.63, 3.8) is 0 Å². The van der Waals surface area contributed by atoms with Crippen LogP contribution in [0.2, 0.25) is 0 Å². The Hall–Kier alpha value is -1.50. The predicted molar refractivity (Wildman–Crippen MR) is 84.4 cm³/mol. The van der Waals surface area contributed by atoms with Crippen LogP contribution in [0.25, 0.3) is 11.0 Å². The molecule has 7 heteroatoms. The number of nitrogens with one attached hydrogen (secondary N) is 3. The fourth-order valence-corrected chi connectivity index (χ4v) is 3.60. The lowest BCUT2D eigenvalue weighted by Crippen LogP contribution is -2.20. The highest BCUT2D eigenvalue weighted by Crippen LogP contribution is 2.25. The van der Waals surface area contributed by atoms with Gasteiger partial charge in [0.1, 0.15) is 5.82 Å². The molecule has 2 aromatic heterocycles. The van der Waals surface area contributed by atoms with E-state index >= 15 is 0 Å². The van der Waals surface area contributed by atoms with Gasteiger partial charge < -0.3 is 10.6 Å². The molecule has 3 N–H and O–H groups in total. The first-order chi connectivity index (χ1) is 9.86. The second-order valence-electron chi connectivity index (χ2n) is 5.00. The van der Waals surface area contributed by atoms with Crippen LogP contribution >= 0.6 is 11.8 Å². The minimum Gasteiger partial charge on any atom is -0.369 e. The number of aromatic nitrogens is 4. The van der Waals surface area contributed by atoms with Gasteiger partial charge in [0.2, 0.25) is 5.95 Å². The summed E-state index contributed by atoms with van der Waals surface area (Å²) in [5.41, 5.74) is 0.776. The van der Waals surface area contributed by atoms with Crippen molar-refractivity contribution >= 4 is 34.6 Å². The third kappa shape index (κ3) is 2.98. The van der Waals surface area contributed by atoms with Gasteiger partial charge >= 0.3 is 0 Å². The number of fused-ring (bicyclic) bond motifs is 1. The van der Waals surface area contributed by atoms with E-state index in [1.54, 1.807) is 6.20 Å². The van der Waals surface area contributed by atoms with E-state index in [2.05, 4.69) is 42.6 Å². The van der Waals surface area contributed by atoms with Gasteiger partial charge in [0, 0.05) is 13.1 Å². The summed E-state index contributed by atoms with van der Waals surface area (Å²) in [4.78, 5) is 8.95. The van der Waals surface area contributed by atoms with E-state index in [0.717, 1.165) is 35.9 Å². The number of rotatable bonds is 5. The van der Waals surface area contributed by atoms with Crippen molar-refractivity contribution in [2.24, 2.45) is 5.92 Å². The molecule has 0 saturated carbocycles. The Balaban J connectivity index is 1.76. The molecule has 0 aliphatic carbocycles. The molecular weight excluding hydrogens is 272 g/mol. The summed E-state index contributed by atoms with van der Waals surface area (Å²) in [7, 11) is 0. The van der Waals surface area contributed by atoms with Crippen molar-refractivity contribution in [2.45, 2.75) is 19.8 Å². The third-order valence-electron chi connectivity index (χ3n) is 3.54. The number of hydrogen-bond donors (Lipinski definition) is 3. The van der Waals surface area contributed by atoms with Gasteiger partial charge in [0.05, 0.1) is 11.6 Å². The fraction of sp³-hybridized carbons (Fsp3) is 0.615. The Morgan fingerprint density at radius 2 is 2.15 bits per heavy atom. The molecule has 3 heterocycles. The lowest BCUT2D eigenvalue weighted by molar-refractivity contribution is 0.516. The van der Waals surface area contributed by atoms with Gasteiger partial charge in [-0.05, 0) is 37.2 Å². The van der Waals surface area contributed by atoms with Crippen LogP contribution in [0.4, 0.5) is 11.8 Å². The van der Waals surface area contributed by atoms with Crippen LogP contribution in [0.5, 0.6) is 0 Å². The normalized spacial score (nSPS) is 16.4. The standard InChI is InChI=1S/C13H20N6S/c1-2-14-13-17-11(10-8-16-19-12(10)18-13)15-7-9-3-5-20-6-4-9/h8-9H,2-7H2,1H3,(H3,14,15,16,17,18,19). The topological polar surface area (TPSA) is 78.5 Å². The van der Waals surface area contributed by atoms with Gasteiger partial charge in [0.25, 0.3) is 0 Å². The van der Waals surface area contributed by atoms with E-state index in [1.807, 2.05) is 6.92 Å². The van der Waals surface area contributed by atoms with Gasteiger partial charge in [-0.1, -0.05) is 0 Å². The number of anilines is 2. The van der Waals surface area contributed by atoms with Crippen LogP contribution in [-0.2, 0) is 0 Å². The summed E-state index contributed by atoms with van der Waals surface area (Å²) in [5.74, 6) is 4.82. The van der Waals surface area contributed by atoms with E-state index in [9.17, 15) is 0 Å². The predicted octanol–water partition coefficient (Wildman–Crippen LogP) is 2.34.